The van der Waals surface area contributed by atoms with Crippen molar-refractivity contribution in [2.24, 2.45) is 0 Å². The molecule has 0 spiro atoms. The minimum absolute atomic E-state index is 0.205. The van der Waals surface area contributed by atoms with Gasteiger partial charge in [-0.1, -0.05) is 18.2 Å². The van der Waals surface area contributed by atoms with Gasteiger partial charge in [-0.3, -0.25) is 9.78 Å². The molecule has 2 N–H and O–H groups in total. The van der Waals surface area contributed by atoms with Crippen LogP contribution in [0, 0.1) is 0 Å². The molecule has 0 saturated carbocycles. The Hall–Kier alpha value is -2.16. The number of hydrogen-bond acceptors (Lipinski definition) is 3. The van der Waals surface area contributed by atoms with Crippen LogP contribution in [0.4, 0.5) is 5.69 Å². The summed E-state index contributed by atoms with van der Waals surface area (Å²) in [5.41, 5.74) is 10.1. The molecule has 0 unspecified atom stereocenters. The number of para-hydroxylation sites is 1. The highest BCUT2D eigenvalue weighted by molar-refractivity contribution is 5.98. The predicted octanol–water partition coefficient (Wildman–Crippen LogP) is 2.85. The Balaban J connectivity index is 2.10. The summed E-state index contributed by atoms with van der Waals surface area (Å²) in [5.74, 6) is 0.205. The Morgan fingerprint density at radius 1 is 1.00 bits per heavy atom. The molecule has 3 rings (SSSR count). The third-order valence-corrected chi connectivity index (χ3v) is 3.33. The van der Waals surface area contributed by atoms with Crippen LogP contribution in [0.5, 0.6) is 0 Å². The van der Waals surface area contributed by atoms with Crippen LogP contribution in [0.15, 0.2) is 36.4 Å². The number of aromatic nitrogens is 1. The topological polar surface area (TPSA) is 56.0 Å². The van der Waals surface area contributed by atoms with E-state index in [-0.39, 0.29) is 5.78 Å². The highest BCUT2D eigenvalue weighted by Gasteiger charge is 2.18. The zero-order valence-corrected chi connectivity index (χ0v) is 10.0. The summed E-state index contributed by atoms with van der Waals surface area (Å²) in [6, 6.07) is 11.4. The lowest BCUT2D eigenvalue weighted by atomic mass is 9.94. The molecular weight excluding hydrogens is 224 g/mol. The molecule has 1 aliphatic carbocycles. The normalized spacial score (nSPS) is 14.3. The van der Waals surface area contributed by atoms with Crippen LogP contribution in [-0.4, -0.2) is 10.8 Å². The lowest BCUT2D eigenvalue weighted by Gasteiger charge is -2.15. The van der Waals surface area contributed by atoms with E-state index < -0.39 is 0 Å². The number of nitrogens with zero attached hydrogens (tertiary/aromatic N) is 1. The molecule has 0 fully saturated rings. The molecular formula is C15H14N2O. The second-order valence-electron chi connectivity index (χ2n) is 4.55. The Bertz CT molecular complexity index is 620. The first-order chi connectivity index (χ1) is 8.75. The maximum Gasteiger partial charge on any atom is 0.164 e. The number of benzene rings is 1. The molecule has 90 valence electrons. The predicted molar refractivity (Wildman–Crippen MR) is 71.4 cm³/mol. The summed E-state index contributed by atoms with van der Waals surface area (Å²) in [6.07, 6.45) is 2.41. The van der Waals surface area contributed by atoms with Crippen molar-refractivity contribution in [3.8, 4) is 11.3 Å². The summed E-state index contributed by atoms with van der Waals surface area (Å²) in [6.45, 7) is 0. The molecule has 2 aromatic rings. The summed E-state index contributed by atoms with van der Waals surface area (Å²) in [7, 11) is 0. The Morgan fingerprint density at radius 2 is 1.83 bits per heavy atom. The average molecular weight is 238 g/mol. The van der Waals surface area contributed by atoms with Gasteiger partial charge in [0.25, 0.3) is 0 Å². The van der Waals surface area contributed by atoms with Crippen molar-refractivity contribution in [3.63, 3.8) is 0 Å². The van der Waals surface area contributed by atoms with Crippen molar-refractivity contribution in [2.75, 3.05) is 5.73 Å². The molecule has 3 heteroatoms. The summed E-state index contributed by atoms with van der Waals surface area (Å²) in [5, 5.41) is 0. The smallest absolute Gasteiger partial charge is 0.164 e. The number of carbonyl (C=O) groups excluding carboxylic acids is 1. The van der Waals surface area contributed by atoms with Crippen molar-refractivity contribution in [1.29, 1.82) is 0 Å². The molecule has 0 bridgehead atoms. The van der Waals surface area contributed by atoms with E-state index in [1.54, 1.807) is 0 Å². The van der Waals surface area contributed by atoms with E-state index in [0.29, 0.717) is 12.1 Å². The molecule has 1 aliphatic rings. The van der Waals surface area contributed by atoms with Crippen LogP contribution < -0.4 is 5.73 Å². The monoisotopic (exact) mass is 238 g/mol. The molecule has 1 aromatic heterocycles. The highest BCUT2D eigenvalue weighted by Crippen LogP contribution is 2.27. The maximum atomic E-state index is 11.7. The summed E-state index contributed by atoms with van der Waals surface area (Å²) >= 11 is 0. The number of Topliss-reactive ketones (excluding diaryl/α,β-unsaturated/α-hetero) is 1. The van der Waals surface area contributed by atoms with Gasteiger partial charge >= 0.3 is 0 Å². The number of fused-ring (bicyclic) bond motifs is 1. The van der Waals surface area contributed by atoms with Crippen molar-refractivity contribution in [3.05, 3.63) is 47.7 Å². The molecule has 1 aromatic carbocycles. The van der Waals surface area contributed by atoms with Crippen molar-refractivity contribution >= 4 is 11.5 Å². The fourth-order valence-corrected chi connectivity index (χ4v) is 2.38. The van der Waals surface area contributed by atoms with E-state index in [0.717, 1.165) is 35.4 Å². The van der Waals surface area contributed by atoms with Gasteiger partial charge in [-0.25, -0.2) is 0 Å². The van der Waals surface area contributed by atoms with Gasteiger partial charge in [-0.05, 0) is 31.0 Å². The molecule has 0 radical (unpaired) electrons. The first-order valence-electron chi connectivity index (χ1n) is 6.14. The number of nitrogens with two attached hydrogens (primary N) is 1. The van der Waals surface area contributed by atoms with Gasteiger partial charge in [0.1, 0.15) is 0 Å². The zero-order chi connectivity index (χ0) is 12.5. The van der Waals surface area contributed by atoms with Gasteiger partial charge in [-0.2, -0.15) is 0 Å². The first-order valence-corrected chi connectivity index (χ1v) is 6.14. The lowest BCUT2D eigenvalue weighted by molar-refractivity contribution is 0.0971. The third-order valence-electron chi connectivity index (χ3n) is 3.33. The van der Waals surface area contributed by atoms with Crippen molar-refractivity contribution in [2.45, 2.75) is 19.3 Å². The van der Waals surface area contributed by atoms with Crippen molar-refractivity contribution < 1.29 is 4.79 Å². The van der Waals surface area contributed by atoms with Gasteiger partial charge in [-0.15, -0.1) is 0 Å². The van der Waals surface area contributed by atoms with Gasteiger partial charge in [0.15, 0.2) is 5.78 Å². The SMILES string of the molecule is Nc1ccccc1-c1ccc2c(n1)CCCC2=O. The standard InChI is InChI=1S/C15H14N2O/c16-12-5-2-1-4-10(12)14-9-8-11-13(17-14)6-3-7-15(11)18/h1-2,4-5,8-9H,3,6-7,16H2. The number of anilines is 1. The van der Waals surface area contributed by atoms with Gasteiger partial charge < -0.3 is 5.73 Å². The van der Waals surface area contributed by atoms with E-state index in [9.17, 15) is 4.79 Å². The van der Waals surface area contributed by atoms with E-state index in [4.69, 9.17) is 5.73 Å². The quantitative estimate of drug-likeness (QED) is 0.777. The van der Waals surface area contributed by atoms with Gasteiger partial charge in [0.05, 0.1) is 11.4 Å². The number of aryl methyl sites for hydroxylation is 1. The van der Waals surface area contributed by atoms with Crippen LogP contribution in [0.3, 0.4) is 0 Å². The molecule has 0 saturated heterocycles. The summed E-state index contributed by atoms with van der Waals surface area (Å²) < 4.78 is 0. The fourth-order valence-electron chi connectivity index (χ4n) is 2.38. The number of carbonyl (C=O) groups is 1. The molecule has 0 atom stereocenters. The van der Waals surface area contributed by atoms with E-state index in [1.807, 2.05) is 36.4 Å². The second-order valence-corrected chi connectivity index (χ2v) is 4.55. The largest absolute Gasteiger partial charge is 0.398 e. The molecule has 1 heterocycles. The number of rotatable bonds is 1. The Labute approximate surface area is 106 Å². The minimum atomic E-state index is 0.205. The highest BCUT2D eigenvalue weighted by atomic mass is 16.1. The van der Waals surface area contributed by atoms with Gasteiger partial charge in [0.2, 0.25) is 0 Å². The van der Waals surface area contributed by atoms with Crippen molar-refractivity contribution in [1.82, 2.24) is 4.98 Å². The van der Waals surface area contributed by atoms with E-state index >= 15 is 0 Å². The van der Waals surface area contributed by atoms with Crippen LogP contribution in [0.1, 0.15) is 28.9 Å². The van der Waals surface area contributed by atoms with E-state index in [1.165, 1.54) is 0 Å². The van der Waals surface area contributed by atoms with Gasteiger partial charge in [0, 0.05) is 23.2 Å². The zero-order valence-electron chi connectivity index (χ0n) is 10.0. The van der Waals surface area contributed by atoms with Crippen LogP contribution in [0.25, 0.3) is 11.3 Å². The van der Waals surface area contributed by atoms with Crippen LogP contribution >= 0.6 is 0 Å². The Kier molecular flexibility index (Phi) is 2.59. The maximum absolute atomic E-state index is 11.7. The number of ketones is 1. The fraction of sp³-hybridized carbons (Fsp3) is 0.200. The minimum Gasteiger partial charge on any atom is -0.398 e. The third kappa shape index (κ3) is 1.78. The Morgan fingerprint density at radius 3 is 2.67 bits per heavy atom. The molecule has 3 nitrogen and oxygen atoms in total. The number of hydrogen-bond donors (Lipinski definition) is 1. The van der Waals surface area contributed by atoms with Crippen LogP contribution in [0.2, 0.25) is 0 Å². The summed E-state index contributed by atoms with van der Waals surface area (Å²) in [4.78, 5) is 16.3. The number of pyridine rings is 1. The average Bonchev–Trinajstić information content (AvgIpc) is 2.39. The molecule has 0 aliphatic heterocycles. The lowest BCUT2D eigenvalue weighted by Crippen LogP contribution is -2.12. The molecule has 0 amide bonds. The first kappa shape index (κ1) is 11.0. The molecule has 18 heavy (non-hydrogen) atoms. The van der Waals surface area contributed by atoms with Crippen LogP contribution in [-0.2, 0) is 6.42 Å². The number of nitrogen functional groups attached to an aromatic ring is 1. The van der Waals surface area contributed by atoms with E-state index in [2.05, 4.69) is 4.98 Å². The second kappa shape index (κ2) is 4.26.